The van der Waals surface area contributed by atoms with Crippen LogP contribution >= 0.6 is 15.9 Å². The Hall–Kier alpha value is -0.540. The van der Waals surface area contributed by atoms with E-state index in [9.17, 15) is 0 Å². The molecule has 0 radical (unpaired) electrons. The first-order valence-electron chi connectivity index (χ1n) is 6.51. The van der Waals surface area contributed by atoms with Crippen LogP contribution < -0.4 is 5.32 Å². The quantitative estimate of drug-likeness (QED) is 0.875. The predicted octanol–water partition coefficient (Wildman–Crippen LogP) is 4.23. The number of nitrogens with zero attached hydrogens (tertiary/aromatic N) is 1. The van der Waals surface area contributed by atoms with Gasteiger partial charge in [0.1, 0.15) is 0 Å². The van der Waals surface area contributed by atoms with Crippen LogP contribution in [0, 0.1) is 5.41 Å². The Morgan fingerprint density at radius 2 is 1.89 bits per heavy atom. The molecule has 1 atom stereocenters. The number of hydrogen-bond donors (Lipinski definition) is 1. The first kappa shape index (κ1) is 15.5. The van der Waals surface area contributed by atoms with Gasteiger partial charge in [0.05, 0.1) is 0 Å². The van der Waals surface area contributed by atoms with E-state index in [-0.39, 0.29) is 0 Å². The maximum Gasteiger partial charge on any atom is 0.0485 e. The Labute approximate surface area is 120 Å². The number of nitrogens with one attached hydrogen (secondary N) is 1. The molecule has 1 N–H and O–H groups in total. The summed E-state index contributed by atoms with van der Waals surface area (Å²) in [6.07, 6.45) is 0. The molecule has 0 aliphatic carbocycles. The Bertz CT molecular complexity index is 371. The number of anilines is 1. The molecule has 18 heavy (non-hydrogen) atoms. The maximum atomic E-state index is 3.55. The van der Waals surface area contributed by atoms with Crippen molar-refractivity contribution in [2.24, 2.45) is 5.41 Å². The molecule has 0 aliphatic heterocycles. The number of likely N-dealkylation sites (N-methyl/N-ethyl adjacent to an activating group) is 1. The van der Waals surface area contributed by atoms with Crippen molar-refractivity contribution in [2.75, 3.05) is 25.5 Å². The van der Waals surface area contributed by atoms with E-state index < -0.39 is 0 Å². The molecule has 1 aromatic rings. The summed E-state index contributed by atoms with van der Waals surface area (Å²) in [6.45, 7) is 11.2. The second-order valence-electron chi connectivity index (χ2n) is 5.93. The van der Waals surface area contributed by atoms with Crippen molar-refractivity contribution in [1.29, 1.82) is 0 Å². The number of hydrogen-bond acceptors (Lipinski definition) is 2. The molecule has 0 aliphatic rings. The van der Waals surface area contributed by atoms with E-state index in [4.69, 9.17) is 0 Å². The summed E-state index contributed by atoms with van der Waals surface area (Å²) in [5, 5.41) is 3.46. The summed E-state index contributed by atoms with van der Waals surface area (Å²) in [7, 11) is 2.19. The van der Waals surface area contributed by atoms with Crippen LogP contribution in [-0.2, 0) is 0 Å². The highest BCUT2D eigenvalue weighted by atomic mass is 79.9. The van der Waals surface area contributed by atoms with Crippen LogP contribution in [0.25, 0.3) is 0 Å². The summed E-state index contributed by atoms with van der Waals surface area (Å²) in [5.74, 6) is 0. The molecular formula is C15H25BrN2. The molecule has 0 bridgehead atoms. The summed E-state index contributed by atoms with van der Waals surface area (Å²) in [5.41, 5.74) is 1.48. The zero-order valence-electron chi connectivity index (χ0n) is 12.1. The average Bonchev–Trinajstić information content (AvgIpc) is 2.29. The third-order valence-corrected chi connectivity index (χ3v) is 4.26. The lowest BCUT2D eigenvalue weighted by molar-refractivity contribution is 0.146. The van der Waals surface area contributed by atoms with Gasteiger partial charge in [-0.3, -0.25) is 0 Å². The normalized spacial score (nSPS) is 13.7. The van der Waals surface area contributed by atoms with E-state index in [1.165, 1.54) is 0 Å². The van der Waals surface area contributed by atoms with Crippen LogP contribution in [0.4, 0.5) is 5.69 Å². The van der Waals surface area contributed by atoms with E-state index in [1.54, 1.807) is 0 Å². The monoisotopic (exact) mass is 312 g/mol. The first-order chi connectivity index (χ1) is 8.32. The topological polar surface area (TPSA) is 15.3 Å². The SMILES string of the molecule is CC(N(C)CCNc1ccccc1Br)C(C)(C)C. The highest BCUT2D eigenvalue weighted by Gasteiger charge is 2.23. The second-order valence-corrected chi connectivity index (χ2v) is 6.78. The molecule has 1 unspecified atom stereocenters. The van der Waals surface area contributed by atoms with E-state index in [0.29, 0.717) is 11.5 Å². The van der Waals surface area contributed by atoms with E-state index in [0.717, 1.165) is 23.2 Å². The van der Waals surface area contributed by atoms with Gasteiger partial charge in [0.25, 0.3) is 0 Å². The molecule has 3 heteroatoms. The molecule has 0 amide bonds. The lowest BCUT2D eigenvalue weighted by Crippen LogP contribution is -2.41. The van der Waals surface area contributed by atoms with Gasteiger partial charge < -0.3 is 10.2 Å². The number of rotatable bonds is 5. The van der Waals surface area contributed by atoms with Crippen molar-refractivity contribution in [2.45, 2.75) is 33.7 Å². The molecule has 1 rings (SSSR count). The minimum atomic E-state index is 0.322. The van der Waals surface area contributed by atoms with Crippen molar-refractivity contribution in [3.8, 4) is 0 Å². The van der Waals surface area contributed by atoms with Gasteiger partial charge in [-0.15, -0.1) is 0 Å². The Kier molecular flexibility index (Phi) is 5.67. The number of para-hydroxylation sites is 1. The minimum absolute atomic E-state index is 0.322. The highest BCUT2D eigenvalue weighted by Crippen LogP contribution is 2.23. The number of halogens is 1. The molecule has 1 aromatic carbocycles. The van der Waals surface area contributed by atoms with Crippen LogP contribution in [0.2, 0.25) is 0 Å². The van der Waals surface area contributed by atoms with Gasteiger partial charge in [0.2, 0.25) is 0 Å². The van der Waals surface area contributed by atoms with Gasteiger partial charge in [0, 0.05) is 29.3 Å². The fourth-order valence-electron chi connectivity index (χ4n) is 1.83. The van der Waals surface area contributed by atoms with E-state index >= 15 is 0 Å². The Morgan fingerprint density at radius 1 is 1.28 bits per heavy atom. The predicted molar refractivity (Wildman–Crippen MR) is 84.2 cm³/mol. The molecule has 0 saturated heterocycles. The number of benzene rings is 1. The second kappa shape index (κ2) is 6.58. The zero-order valence-corrected chi connectivity index (χ0v) is 13.7. The lowest BCUT2D eigenvalue weighted by atomic mass is 9.87. The summed E-state index contributed by atoms with van der Waals surface area (Å²) in [6, 6.07) is 8.80. The molecule has 0 fully saturated rings. The maximum absolute atomic E-state index is 3.55. The van der Waals surface area contributed by atoms with Crippen LogP contribution in [0.1, 0.15) is 27.7 Å². The van der Waals surface area contributed by atoms with Crippen molar-refractivity contribution in [1.82, 2.24) is 4.90 Å². The zero-order chi connectivity index (χ0) is 13.8. The standard InChI is InChI=1S/C15H25BrN2/c1-12(15(2,3)4)18(5)11-10-17-14-9-7-6-8-13(14)16/h6-9,12,17H,10-11H2,1-5H3. The van der Waals surface area contributed by atoms with Crippen LogP contribution in [0.15, 0.2) is 28.7 Å². The molecule has 0 aromatic heterocycles. The minimum Gasteiger partial charge on any atom is -0.383 e. The van der Waals surface area contributed by atoms with Crippen molar-refractivity contribution >= 4 is 21.6 Å². The van der Waals surface area contributed by atoms with Crippen molar-refractivity contribution in [3.63, 3.8) is 0 Å². The molecule has 102 valence electrons. The van der Waals surface area contributed by atoms with Crippen molar-refractivity contribution in [3.05, 3.63) is 28.7 Å². The Morgan fingerprint density at radius 3 is 2.44 bits per heavy atom. The third-order valence-electron chi connectivity index (χ3n) is 3.57. The van der Waals surface area contributed by atoms with Crippen LogP contribution in [-0.4, -0.2) is 31.1 Å². The molecule has 0 spiro atoms. The summed E-state index contributed by atoms with van der Waals surface area (Å²) >= 11 is 3.55. The van der Waals surface area contributed by atoms with Gasteiger partial charge in [-0.2, -0.15) is 0 Å². The average molecular weight is 313 g/mol. The largest absolute Gasteiger partial charge is 0.383 e. The molecule has 0 saturated carbocycles. The molecule has 2 nitrogen and oxygen atoms in total. The lowest BCUT2D eigenvalue weighted by Gasteiger charge is -2.35. The van der Waals surface area contributed by atoms with Gasteiger partial charge in [-0.1, -0.05) is 32.9 Å². The van der Waals surface area contributed by atoms with Gasteiger partial charge in [-0.05, 0) is 47.4 Å². The Balaban J connectivity index is 2.41. The fraction of sp³-hybridized carbons (Fsp3) is 0.600. The summed E-state index contributed by atoms with van der Waals surface area (Å²) in [4.78, 5) is 2.41. The molecular weight excluding hydrogens is 288 g/mol. The highest BCUT2D eigenvalue weighted by molar-refractivity contribution is 9.10. The fourth-order valence-corrected chi connectivity index (χ4v) is 2.25. The third kappa shape index (κ3) is 4.62. The van der Waals surface area contributed by atoms with E-state index in [2.05, 4.69) is 79.1 Å². The summed E-state index contributed by atoms with van der Waals surface area (Å²) < 4.78 is 1.12. The smallest absolute Gasteiger partial charge is 0.0485 e. The van der Waals surface area contributed by atoms with Gasteiger partial charge in [0.15, 0.2) is 0 Å². The van der Waals surface area contributed by atoms with Crippen LogP contribution in [0.5, 0.6) is 0 Å². The van der Waals surface area contributed by atoms with Gasteiger partial charge >= 0.3 is 0 Å². The van der Waals surface area contributed by atoms with Crippen LogP contribution in [0.3, 0.4) is 0 Å². The van der Waals surface area contributed by atoms with Gasteiger partial charge in [-0.25, -0.2) is 0 Å². The van der Waals surface area contributed by atoms with E-state index in [1.807, 2.05) is 6.07 Å². The first-order valence-corrected chi connectivity index (χ1v) is 7.30. The molecule has 0 heterocycles. The van der Waals surface area contributed by atoms with Crippen molar-refractivity contribution < 1.29 is 0 Å².